The van der Waals surface area contributed by atoms with Crippen molar-refractivity contribution in [3.8, 4) is 0 Å². The second-order valence-corrected chi connectivity index (χ2v) is 5.67. The van der Waals surface area contributed by atoms with E-state index in [-0.39, 0.29) is 5.91 Å². The van der Waals surface area contributed by atoms with Gasteiger partial charge < -0.3 is 15.8 Å². The van der Waals surface area contributed by atoms with Gasteiger partial charge in [-0.1, -0.05) is 26.1 Å². The zero-order valence-corrected chi connectivity index (χ0v) is 11.6. The zero-order chi connectivity index (χ0) is 13.1. The molecule has 1 rings (SSSR count). The topological polar surface area (TPSA) is 64.3 Å². The molecule has 1 aliphatic rings. The molecule has 5 heteroatoms. The minimum absolute atomic E-state index is 0.0222. The van der Waals surface area contributed by atoms with Gasteiger partial charge in [-0.15, -0.1) is 0 Å². The Kier molecular flexibility index (Phi) is 4.89. The van der Waals surface area contributed by atoms with Crippen molar-refractivity contribution in [2.75, 3.05) is 20.3 Å². The van der Waals surface area contributed by atoms with Gasteiger partial charge in [-0.3, -0.25) is 4.79 Å². The van der Waals surface area contributed by atoms with Gasteiger partial charge in [0.25, 0.3) is 0 Å². The first-order valence-electron chi connectivity index (χ1n) is 5.99. The van der Waals surface area contributed by atoms with Crippen molar-refractivity contribution in [2.24, 2.45) is 23.0 Å². The lowest BCUT2D eigenvalue weighted by atomic mass is 9.62. The number of carbonyl (C=O) groups is 1. The highest BCUT2D eigenvalue weighted by Crippen LogP contribution is 2.45. The third-order valence-electron chi connectivity index (χ3n) is 3.36. The highest BCUT2D eigenvalue weighted by Gasteiger charge is 2.50. The molecule has 98 valence electrons. The average molecular weight is 258 g/mol. The number of thiocarbonyl (C=S) groups is 1. The predicted octanol–water partition coefficient (Wildman–Crippen LogP) is 1.09. The Hall–Kier alpha value is -0.680. The second-order valence-electron chi connectivity index (χ2n) is 5.23. The molecule has 0 saturated heterocycles. The highest BCUT2D eigenvalue weighted by molar-refractivity contribution is 7.80. The Morgan fingerprint density at radius 3 is 2.65 bits per heavy atom. The normalized spacial score (nSPS) is 29.2. The van der Waals surface area contributed by atoms with Crippen LogP contribution in [-0.2, 0) is 9.53 Å². The summed E-state index contributed by atoms with van der Waals surface area (Å²) in [6.07, 6.45) is 1.54. The van der Waals surface area contributed by atoms with Gasteiger partial charge >= 0.3 is 0 Å². The Morgan fingerprint density at radius 2 is 2.24 bits per heavy atom. The Labute approximate surface area is 108 Å². The summed E-state index contributed by atoms with van der Waals surface area (Å²) in [7, 11) is 1.66. The van der Waals surface area contributed by atoms with Crippen LogP contribution in [0.15, 0.2) is 0 Å². The fourth-order valence-corrected chi connectivity index (χ4v) is 2.67. The van der Waals surface area contributed by atoms with Crippen LogP contribution in [-0.4, -0.2) is 31.2 Å². The lowest BCUT2D eigenvalue weighted by Gasteiger charge is -2.44. The van der Waals surface area contributed by atoms with E-state index in [1.807, 2.05) is 6.92 Å². The lowest BCUT2D eigenvalue weighted by Crippen LogP contribution is -2.56. The SMILES string of the molecule is COCC(C)CNC(=O)C1(C(N)=S)CC(C)C1. The summed E-state index contributed by atoms with van der Waals surface area (Å²) in [5.74, 6) is 0.801. The quantitative estimate of drug-likeness (QED) is 0.700. The van der Waals surface area contributed by atoms with E-state index in [2.05, 4.69) is 12.2 Å². The highest BCUT2D eigenvalue weighted by atomic mass is 32.1. The number of methoxy groups -OCH3 is 1. The fraction of sp³-hybridized carbons (Fsp3) is 0.833. The van der Waals surface area contributed by atoms with Gasteiger partial charge in [-0.25, -0.2) is 0 Å². The third kappa shape index (κ3) is 3.16. The number of nitrogens with two attached hydrogens (primary N) is 1. The smallest absolute Gasteiger partial charge is 0.233 e. The van der Waals surface area contributed by atoms with Crippen LogP contribution in [0.1, 0.15) is 26.7 Å². The third-order valence-corrected chi connectivity index (χ3v) is 3.75. The minimum Gasteiger partial charge on any atom is -0.392 e. The van der Waals surface area contributed by atoms with Crippen LogP contribution in [0.2, 0.25) is 0 Å². The van der Waals surface area contributed by atoms with E-state index in [1.165, 1.54) is 0 Å². The van der Waals surface area contributed by atoms with Crippen molar-refractivity contribution in [3.63, 3.8) is 0 Å². The van der Waals surface area contributed by atoms with Crippen molar-refractivity contribution in [1.82, 2.24) is 5.32 Å². The molecule has 1 atom stereocenters. The van der Waals surface area contributed by atoms with Crippen LogP contribution < -0.4 is 11.1 Å². The van der Waals surface area contributed by atoms with Crippen molar-refractivity contribution in [1.29, 1.82) is 0 Å². The molecule has 0 aromatic heterocycles. The number of hydrogen-bond acceptors (Lipinski definition) is 3. The lowest BCUT2D eigenvalue weighted by molar-refractivity contribution is -0.133. The summed E-state index contributed by atoms with van der Waals surface area (Å²) in [5, 5.41) is 2.93. The summed E-state index contributed by atoms with van der Waals surface area (Å²) in [4.78, 5) is 12.4. The minimum atomic E-state index is -0.596. The van der Waals surface area contributed by atoms with Crippen LogP contribution in [0.4, 0.5) is 0 Å². The molecule has 0 aliphatic heterocycles. The molecule has 0 bridgehead atoms. The molecule has 0 heterocycles. The van der Waals surface area contributed by atoms with Gasteiger partial charge in [-0.2, -0.15) is 0 Å². The molecule has 1 fully saturated rings. The van der Waals surface area contributed by atoms with Gasteiger partial charge in [-0.05, 0) is 24.7 Å². The number of carbonyl (C=O) groups excluding carboxylic acids is 1. The van der Waals surface area contributed by atoms with E-state index in [0.717, 1.165) is 12.8 Å². The molecule has 0 aromatic carbocycles. The molecule has 1 amide bonds. The summed E-state index contributed by atoms with van der Waals surface area (Å²) in [6, 6.07) is 0. The molecule has 0 spiro atoms. The molecule has 1 saturated carbocycles. The predicted molar refractivity (Wildman–Crippen MR) is 71.7 cm³/mol. The number of ether oxygens (including phenoxy) is 1. The van der Waals surface area contributed by atoms with Crippen LogP contribution in [0.25, 0.3) is 0 Å². The average Bonchev–Trinajstić information content (AvgIpc) is 2.21. The van der Waals surface area contributed by atoms with Crippen molar-refractivity contribution in [3.05, 3.63) is 0 Å². The first-order chi connectivity index (χ1) is 7.92. The summed E-state index contributed by atoms with van der Waals surface area (Å²) >= 11 is 5.03. The molecule has 0 aromatic rings. The molecule has 1 unspecified atom stereocenters. The largest absolute Gasteiger partial charge is 0.392 e. The van der Waals surface area contributed by atoms with Crippen LogP contribution >= 0.6 is 12.2 Å². The Balaban J connectivity index is 2.48. The summed E-state index contributed by atoms with van der Waals surface area (Å²) in [6.45, 7) is 5.38. The summed E-state index contributed by atoms with van der Waals surface area (Å²) in [5.41, 5.74) is 5.11. The van der Waals surface area contributed by atoms with Gasteiger partial charge in [0, 0.05) is 13.7 Å². The van der Waals surface area contributed by atoms with Gasteiger partial charge in [0.1, 0.15) is 0 Å². The molecule has 4 nitrogen and oxygen atoms in total. The van der Waals surface area contributed by atoms with Gasteiger partial charge in [0.15, 0.2) is 0 Å². The van der Waals surface area contributed by atoms with Crippen molar-refractivity contribution < 1.29 is 9.53 Å². The van der Waals surface area contributed by atoms with Crippen LogP contribution in [0.5, 0.6) is 0 Å². The standard InChI is InChI=1S/C12H22N2O2S/c1-8-4-12(5-8,10(13)17)11(15)14-6-9(2)7-16-3/h8-9H,4-7H2,1-3H3,(H2,13,17)(H,14,15). The zero-order valence-electron chi connectivity index (χ0n) is 10.8. The second kappa shape index (κ2) is 5.78. The van der Waals surface area contributed by atoms with Gasteiger partial charge in [0.05, 0.1) is 17.0 Å². The maximum absolute atomic E-state index is 12.1. The Bertz CT molecular complexity index is 301. The number of amides is 1. The van der Waals surface area contributed by atoms with Crippen molar-refractivity contribution in [2.45, 2.75) is 26.7 Å². The Morgan fingerprint density at radius 1 is 1.65 bits per heavy atom. The molecule has 0 radical (unpaired) electrons. The van der Waals surface area contributed by atoms with Crippen molar-refractivity contribution >= 4 is 23.1 Å². The summed E-state index contributed by atoms with van der Waals surface area (Å²) < 4.78 is 5.02. The van der Waals surface area contributed by atoms with Gasteiger partial charge in [0.2, 0.25) is 5.91 Å². The molecular weight excluding hydrogens is 236 g/mol. The monoisotopic (exact) mass is 258 g/mol. The maximum Gasteiger partial charge on any atom is 0.233 e. The van der Waals surface area contributed by atoms with E-state index < -0.39 is 5.41 Å². The van der Waals surface area contributed by atoms with E-state index in [0.29, 0.717) is 30.0 Å². The van der Waals surface area contributed by atoms with E-state index in [4.69, 9.17) is 22.7 Å². The first-order valence-corrected chi connectivity index (χ1v) is 6.40. The molecule has 1 aliphatic carbocycles. The van der Waals surface area contributed by atoms with E-state index >= 15 is 0 Å². The fourth-order valence-electron chi connectivity index (χ4n) is 2.41. The molecule has 17 heavy (non-hydrogen) atoms. The van der Waals surface area contributed by atoms with E-state index in [1.54, 1.807) is 7.11 Å². The molecule has 3 N–H and O–H groups in total. The number of rotatable bonds is 6. The molecular formula is C12H22N2O2S. The number of nitrogens with one attached hydrogen (secondary N) is 1. The van der Waals surface area contributed by atoms with E-state index in [9.17, 15) is 4.79 Å². The van der Waals surface area contributed by atoms with Crippen LogP contribution in [0.3, 0.4) is 0 Å². The number of hydrogen-bond donors (Lipinski definition) is 2. The van der Waals surface area contributed by atoms with Crippen LogP contribution in [0, 0.1) is 17.3 Å². The maximum atomic E-state index is 12.1. The first kappa shape index (κ1) is 14.4.